The van der Waals surface area contributed by atoms with E-state index in [1.807, 2.05) is 38.1 Å². The molecule has 4 nitrogen and oxygen atoms in total. The Morgan fingerprint density at radius 3 is 2.61 bits per heavy atom. The van der Waals surface area contributed by atoms with Gasteiger partial charge in [-0.25, -0.2) is 8.42 Å². The molecule has 0 aliphatic heterocycles. The van der Waals surface area contributed by atoms with E-state index in [-0.39, 0.29) is 11.8 Å². The molecule has 0 fully saturated rings. The first-order chi connectivity index (χ1) is 8.46. The van der Waals surface area contributed by atoms with Crippen LogP contribution in [0.2, 0.25) is 0 Å². The second-order valence-electron chi connectivity index (χ2n) is 4.21. The van der Waals surface area contributed by atoms with Gasteiger partial charge in [0, 0.05) is 12.3 Å². The van der Waals surface area contributed by atoms with Crippen LogP contribution in [0, 0.1) is 0 Å². The predicted molar refractivity (Wildman–Crippen MR) is 73.7 cm³/mol. The second kappa shape index (κ2) is 6.75. The van der Waals surface area contributed by atoms with E-state index in [2.05, 4.69) is 5.32 Å². The van der Waals surface area contributed by atoms with Crippen LogP contribution in [0.3, 0.4) is 0 Å². The Bertz CT molecular complexity index is 471. The molecule has 0 saturated carbocycles. The fourth-order valence-corrected chi connectivity index (χ4v) is 2.73. The van der Waals surface area contributed by atoms with E-state index >= 15 is 0 Å². The number of rotatable bonds is 7. The van der Waals surface area contributed by atoms with E-state index in [1.54, 1.807) is 0 Å². The van der Waals surface area contributed by atoms with Crippen molar-refractivity contribution < 1.29 is 13.2 Å². The van der Waals surface area contributed by atoms with Crippen molar-refractivity contribution in [2.75, 3.05) is 25.2 Å². The molecular weight excluding hydrogens is 250 g/mol. The monoisotopic (exact) mass is 271 g/mol. The van der Waals surface area contributed by atoms with Crippen molar-refractivity contribution in [2.45, 2.75) is 19.9 Å². The van der Waals surface area contributed by atoms with Gasteiger partial charge in [0.05, 0.1) is 12.4 Å². The van der Waals surface area contributed by atoms with Crippen molar-refractivity contribution in [1.29, 1.82) is 0 Å². The summed E-state index contributed by atoms with van der Waals surface area (Å²) in [6.07, 6.45) is 1.25. The Kier molecular flexibility index (Phi) is 5.62. The van der Waals surface area contributed by atoms with Gasteiger partial charge in [-0.2, -0.15) is 0 Å². The van der Waals surface area contributed by atoms with E-state index in [1.165, 1.54) is 6.26 Å². The smallest absolute Gasteiger partial charge is 0.149 e. The van der Waals surface area contributed by atoms with Crippen LogP contribution >= 0.6 is 0 Å². The standard InChI is InChI=1S/C13H21NO3S/c1-4-14-13(10-18(3,15)16)11-7-6-8-12(9-11)17-5-2/h6-9,13-14H,4-5,10H2,1-3H3. The minimum absolute atomic E-state index is 0.0937. The lowest BCUT2D eigenvalue weighted by atomic mass is 10.1. The number of hydrogen-bond donors (Lipinski definition) is 1. The van der Waals surface area contributed by atoms with Gasteiger partial charge < -0.3 is 10.1 Å². The molecule has 1 aromatic carbocycles. The first-order valence-corrected chi connectivity index (χ1v) is 8.16. The van der Waals surface area contributed by atoms with E-state index in [0.717, 1.165) is 17.9 Å². The van der Waals surface area contributed by atoms with Crippen molar-refractivity contribution in [1.82, 2.24) is 5.32 Å². The Morgan fingerprint density at radius 2 is 2.06 bits per heavy atom. The van der Waals surface area contributed by atoms with Crippen molar-refractivity contribution in [3.63, 3.8) is 0 Å². The van der Waals surface area contributed by atoms with Gasteiger partial charge in [-0.3, -0.25) is 0 Å². The van der Waals surface area contributed by atoms with Gasteiger partial charge in [0.1, 0.15) is 15.6 Å². The van der Waals surface area contributed by atoms with Gasteiger partial charge in [-0.05, 0) is 31.2 Å². The van der Waals surface area contributed by atoms with Crippen molar-refractivity contribution in [2.24, 2.45) is 0 Å². The number of hydrogen-bond acceptors (Lipinski definition) is 4. The summed E-state index contributed by atoms with van der Waals surface area (Å²) in [5.74, 6) is 0.863. The van der Waals surface area contributed by atoms with Crippen LogP contribution < -0.4 is 10.1 Å². The summed E-state index contributed by atoms with van der Waals surface area (Å²) in [4.78, 5) is 0. The SMILES string of the molecule is CCNC(CS(C)(=O)=O)c1cccc(OCC)c1. The van der Waals surface area contributed by atoms with E-state index < -0.39 is 9.84 Å². The maximum atomic E-state index is 11.4. The van der Waals surface area contributed by atoms with Crippen molar-refractivity contribution in [3.05, 3.63) is 29.8 Å². The summed E-state index contributed by atoms with van der Waals surface area (Å²) in [5, 5.41) is 3.19. The fourth-order valence-electron chi connectivity index (χ4n) is 1.81. The number of benzene rings is 1. The highest BCUT2D eigenvalue weighted by atomic mass is 32.2. The molecule has 1 atom stereocenters. The summed E-state index contributed by atoms with van der Waals surface area (Å²) < 4.78 is 28.3. The lowest BCUT2D eigenvalue weighted by molar-refractivity contribution is 0.339. The molecule has 1 aromatic rings. The summed E-state index contributed by atoms with van der Waals surface area (Å²) in [6, 6.07) is 7.37. The lowest BCUT2D eigenvalue weighted by Crippen LogP contribution is -2.27. The number of nitrogens with one attached hydrogen (secondary N) is 1. The Balaban J connectivity index is 2.94. The normalized spacial score (nSPS) is 13.3. The van der Waals surface area contributed by atoms with Gasteiger partial charge in [-0.1, -0.05) is 19.1 Å². The van der Waals surface area contributed by atoms with Crippen molar-refractivity contribution in [3.8, 4) is 5.75 Å². The molecule has 0 aliphatic rings. The van der Waals surface area contributed by atoms with Crippen LogP contribution in [-0.4, -0.2) is 33.6 Å². The number of ether oxygens (including phenoxy) is 1. The first kappa shape index (κ1) is 15.0. The molecule has 5 heteroatoms. The van der Waals surface area contributed by atoms with E-state index in [9.17, 15) is 8.42 Å². The maximum absolute atomic E-state index is 11.4. The summed E-state index contributed by atoms with van der Waals surface area (Å²) in [7, 11) is -3.02. The van der Waals surface area contributed by atoms with Crippen LogP contribution in [0.4, 0.5) is 0 Å². The second-order valence-corrected chi connectivity index (χ2v) is 6.39. The molecule has 0 aliphatic carbocycles. The lowest BCUT2D eigenvalue weighted by Gasteiger charge is -2.18. The summed E-state index contributed by atoms with van der Waals surface area (Å²) >= 11 is 0. The van der Waals surface area contributed by atoms with Crippen LogP contribution in [0.15, 0.2) is 24.3 Å². The molecule has 0 bridgehead atoms. The highest BCUT2D eigenvalue weighted by molar-refractivity contribution is 7.90. The van der Waals surface area contributed by atoms with Gasteiger partial charge in [0.25, 0.3) is 0 Å². The zero-order valence-electron chi connectivity index (χ0n) is 11.1. The van der Waals surface area contributed by atoms with Crippen LogP contribution in [0.5, 0.6) is 5.75 Å². The molecule has 0 spiro atoms. The molecule has 0 aromatic heterocycles. The average molecular weight is 271 g/mol. The van der Waals surface area contributed by atoms with Gasteiger partial charge >= 0.3 is 0 Å². The highest BCUT2D eigenvalue weighted by Gasteiger charge is 2.16. The average Bonchev–Trinajstić information content (AvgIpc) is 2.28. The minimum atomic E-state index is -3.02. The molecule has 0 heterocycles. The Labute approximate surface area is 109 Å². The highest BCUT2D eigenvalue weighted by Crippen LogP contribution is 2.20. The quantitative estimate of drug-likeness (QED) is 0.821. The minimum Gasteiger partial charge on any atom is -0.494 e. The van der Waals surface area contributed by atoms with Gasteiger partial charge in [0.15, 0.2) is 0 Å². The molecule has 0 saturated heterocycles. The molecule has 1 unspecified atom stereocenters. The van der Waals surface area contributed by atoms with Gasteiger partial charge in [0.2, 0.25) is 0 Å². The van der Waals surface area contributed by atoms with E-state index in [4.69, 9.17) is 4.74 Å². The van der Waals surface area contributed by atoms with Crippen LogP contribution in [0.25, 0.3) is 0 Å². The van der Waals surface area contributed by atoms with Crippen molar-refractivity contribution >= 4 is 9.84 Å². The molecule has 0 amide bonds. The van der Waals surface area contributed by atoms with Crippen LogP contribution in [-0.2, 0) is 9.84 Å². The maximum Gasteiger partial charge on any atom is 0.149 e. The molecular formula is C13H21NO3S. The summed E-state index contributed by atoms with van der Waals surface area (Å²) in [6.45, 7) is 5.20. The Morgan fingerprint density at radius 1 is 1.33 bits per heavy atom. The summed E-state index contributed by atoms with van der Waals surface area (Å²) in [5.41, 5.74) is 0.938. The topological polar surface area (TPSA) is 55.4 Å². The molecule has 18 heavy (non-hydrogen) atoms. The first-order valence-electron chi connectivity index (χ1n) is 6.10. The largest absolute Gasteiger partial charge is 0.494 e. The van der Waals surface area contributed by atoms with E-state index in [0.29, 0.717) is 6.61 Å². The van der Waals surface area contributed by atoms with Gasteiger partial charge in [-0.15, -0.1) is 0 Å². The molecule has 0 radical (unpaired) electrons. The Hall–Kier alpha value is -1.07. The number of sulfone groups is 1. The third-order valence-electron chi connectivity index (χ3n) is 2.49. The van der Waals surface area contributed by atoms with Crippen LogP contribution in [0.1, 0.15) is 25.5 Å². The zero-order valence-corrected chi connectivity index (χ0v) is 12.0. The molecule has 1 rings (SSSR count). The third kappa shape index (κ3) is 5.06. The zero-order chi connectivity index (χ0) is 13.6. The predicted octanol–water partition coefficient (Wildman–Crippen LogP) is 1.78. The third-order valence-corrected chi connectivity index (χ3v) is 3.43. The fraction of sp³-hybridized carbons (Fsp3) is 0.538. The molecule has 1 N–H and O–H groups in total. The molecule has 102 valence electrons.